The van der Waals surface area contributed by atoms with E-state index in [1.165, 1.54) is 40.6 Å². The summed E-state index contributed by atoms with van der Waals surface area (Å²) in [7, 11) is -1.02. The van der Waals surface area contributed by atoms with E-state index in [9.17, 15) is 16.8 Å². The SMILES string of the molecule is CCc1ccn(S(=O)(=O)N(C)C)n1.CCc1nn(S(=O)(=O)N(C)C)cc1Br. The minimum atomic E-state index is -3.48. The fourth-order valence-corrected chi connectivity index (χ4v) is 3.94. The van der Waals surface area contributed by atoms with Crippen LogP contribution in [0.2, 0.25) is 0 Å². The number of hydrogen-bond donors (Lipinski definition) is 0. The summed E-state index contributed by atoms with van der Waals surface area (Å²) in [4.78, 5) is 0. The van der Waals surface area contributed by atoms with Crippen molar-refractivity contribution in [3.8, 4) is 0 Å². The Bertz CT molecular complexity index is 964. The van der Waals surface area contributed by atoms with Gasteiger partial charge in [0.1, 0.15) is 0 Å². The summed E-state index contributed by atoms with van der Waals surface area (Å²) in [6, 6.07) is 1.70. The van der Waals surface area contributed by atoms with E-state index in [0.29, 0.717) is 10.9 Å². The molecular weight excluding hydrogens is 460 g/mol. The number of aryl methyl sites for hydroxylation is 2. The van der Waals surface area contributed by atoms with Gasteiger partial charge in [0.15, 0.2) is 0 Å². The predicted octanol–water partition coefficient (Wildman–Crippen LogP) is 0.962. The van der Waals surface area contributed by atoms with Crippen molar-refractivity contribution < 1.29 is 16.8 Å². The molecular formula is C14H25BrN6O4S2. The fraction of sp³-hybridized carbons (Fsp3) is 0.571. The van der Waals surface area contributed by atoms with Gasteiger partial charge in [-0.05, 0) is 34.8 Å². The summed E-state index contributed by atoms with van der Waals surface area (Å²) >= 11 is 3.25. The molecule has 2 rings (SSSR count). The lowest BCUT2D eigenvalue weighted by molar-refractivity contribution is 0.502. The lowest BCUT2D eigenvalue weighted by Crippen LogP contribution is -2.29. The Morgan fingerprint density at radius 1 is 0.926 bits per heavy atom. The molecule has 0 spiro atoms. The van der Waals surface area contributed by atoms with E-state index in [2.05, 4.69) is 26.1 Å². The average Bonchev–Trinajstić information content (AvgIpc) is 3.21. The van der Waals surface area contributed by atoms with Crippen molar-refractivity contribution in [2.75, 3.05) is 28.2 Å². The van der Waals surface area contributed by atoms with Crippen LogP contribution in [0.5, 0.6) is 0 Å². The summed E-state index contributed by atoms with van der Waals surface area (Å²) in [6.45, 7) is 3.84. The molecule has 0 aromatic carbocycles. The monoisotopic (exact) mass is 484 g/mol. The largest absolute Gasteiger partial charge is 0.322 e. The molecule has 2 heterocycles. The summed E-state index contributed by atoms with van der Waals surface area (Å²) in [5.41, 5.74) is 1.50. The van der Waals surface area contributed by atoms with Crippen molar-refractivity contribution in [1.82, 2.24) is 27.0 Å². The van der Waals surface area contributed by atoms with Crippen molar-refractivity contribution in [3.63, 3.8) is 0 Å². The first-order chi connectivity index (χ1) is 12.4. The smallest absolute Gasteiger partial charge is 0.189 e. The zero-order valence-corrected chi connectivity index (χ0v) is 19.4. The Morgan fingerprint density at radius 3 is 1.81 bits per heavy atom. The van der Waals surface area contributed by atoms with E-state index >= 15 is 0 Å². The van der Waals surface area contributed by atoms with Crippen molar-refractivity contribution >= 4 is 36.3 Å². The molecule has 0 saturated heterocycles. The maximum atomic E-state index is 11.6. The molecule has 0 unspecified atom stereocenters. The van der Waals surface area contributed by atoms with Gasteiger partial charge in [-0.2, -0.15) is 43.8 Å². The number of halogens is 1. The first-order valence-corrected chi connectivity index (χ1v) is 11.6. The van der Waals surface area contributed by atoms with Crippen molar-refractivity contribution in [3.05, 3.63) is 34.3 Å². The molecule has 13 heteroatoms. The third-order valence-corrected chi connectivity index (χ3v) is 7.28. The van der Waals surface area contributed by atoms with E-state index in [-0.39, 0.29) is 0 Å². The quantitative estimate of drug-likeness (QED) is 0.603. The van der Waals surface area contributed by atoms with Crippen LogP contribution < -0.4 is 0 Å². The van der Waals surface area contributed by atoms with Gasteiger partial charge in [-0.25, -0.2) is 0 Å². The minimum Gasteiger partial charge on any atom is -0.189 e. The van der Waals surface area contributed by atoms with Gasteiger partial charge in [0.25, 0.3) is 0 Å². The first-order valence-electron chi connectivity index (χ1n) is 8.02. The Hall–Kier alpha value is -1.28. The molecule has 0 aliphatic heterocycles. The summed E-state index contributed by atoms with van der Waals surface area (Å²) in [5.74, 6) is 0. The third-order valence-electron chi connectivity index (χ3n) is 3.43. The minimum absolute atomic E-state index is 0.691. The zero-order chi connectivity index (χ0) is 21.0. The topological polar surface area (TPSA) is 110 Å². The molecule has 2 aromatic heterocycles. The highest BCUT2D eigenvalue weighted by molar-refractivity contribution is 9.10. The van der Waals surface area contributed by atoms with Crippen LogP contribution in [0.3, 0.4) is 0 Å². The first kappa shape index (κ1) is 23.8. The number of aromatic nitrogens is 4. The molecule has 0 atom stereocenters. The lowest BCUT2D eigenvalue weighted by atomic mass is 10.3. The molecule has 10 nitrogen and oxygen atoms in total. The van der Waals surface area contributed by atoms with Crippen LogP contribution in [0.15, 0.2) is 22.9 Å². The second kappa shape index (κ2) is 9.28. The highest BCUT2D eigenvalue weighted by Crippen LogP contribution is 2.16. The van der Waals surface area contributed by atoms with Crippen LogP contribution in [0.4, 0.5) is 0 Å². The van der Waals surface area contributed by atoms with E-state index in [4.69, 9.17) is 0 Å². The summed E-state index contributed by atoms with van der Waals surface area (Å²) in [5, 5.41) is 7.87. The van der Waals surface area contributed by atoms with Crippen molar-refractivity contribution in [1.29, 1.82) is 0 Å². The van der Waals surface area contributed by atoms with E-state index in [0.717, 1.165) is 34.6 Å². The number of nitrogens with zero attached hydrogens (tertiary/aromatic N) is 6. The highest BCUT2D eigenvalue weighted by Gasteiger charge is 2.19. The maximum absolute atomic E-state index is 11.6. The van der Waals surface area contributed by atoms with Gasteiger partial charge in [-0.3, -0.25) is 0 Å². The normalized spacial score (nSPS) is 12.3. The summed E-state index contributed by atoms with van der Waals surface area (Å²) in [6.07, 6.45) is 4.33. The lowest BCUT2D eigenvalue weighted by Gasteiger charge is -2.09. The van der Waals surface area contributed by atoms with Crippen molar-refractivity contribution in [2.45, 2.75) is 26.7 Å². The molecule has 0 saturated carbocycles. The van der Waals surface area contributed by atoms with E-state index in [1.807, 2.05) is 13.8 Å². The van der Waals surface area contributed by atoms with E-state index in [1.54, 1.807) is 6.07 Å². The Labute approximate surface area is 169 Å². The van der Waals surface area contributed by atoms with Crippen LogP contribution in [0.25, 0.3) is 0 Å². The molecule has 27 heavy (non-hydrogen) atoms. The second-order valence-corrected chi connectivity index (χ2v) is 10.6. The molecule has 0 aliphatic carbocycles. The molecule has 0 amide bonds. The second-order valence-electron chi connectivity index (χ2n) is 5.76. The van der Waals surface area contributed by atoms with Gasteiger partial charge in [0, 0.05) is 34.4 Å². The highest BCUT2D eigenvalue weighted by atomic mass is 79.9. The Kier molecular flexibility index (Phi) is 8.16. The zero-order valence-electron chi connectivity index (χ0n) is 16.2. The van der Waals surface area contributed by atoms with Crippen LogP contribution >= 0.6 is 15.9 Å². The molecule has 2 aromatic rings. The number of hydrogen-bond acceptors (Lipinski definition) is 6. The average molecular weight is 485 g/mol. The van der Waals surface area contributed by atoms with Gasteiger partial charge < -0.3 is 0 Å². The van der Waals surface area contributed by atoms with Crippen LogP contribution in [-0.4, -0.2) is 72.0 Å². The Morgan fingerprint density at radius 2 is 1.44 bits per heavy atom. The predicted molar refractivity (Wildman–Crippen MR) is 107 cm³/mol. The fourth-order valence-electron chi connectivity index (χ4n) is 1.72. The Balaban J connectivity index is 0.000000271. The molecule has 0 radical (unpaired) electrons. The molecule has 0 fully saturated rings. The number of rotatable bonds is 6. The standard InChI is InChI=1S/C7H12BrN3O2S.C7H13N3O2S/c1-4-7-6(8)5-11(9-7)14(12,13)10(2)3;1-4-7-5-6-10(8-7)13(11,12)9(2)3/h5H,4H2,1-3H3;5-6H,4H2,1-3H3. The molecule has 154 valence electrons. The van der Waals surface area contributed by atoms with Crippen molar-refractivity contribution in [2.24, 2.45) is 0 Å². The van der Waals surface area contributed by atoms with Crippen LogP contribution in [0.1, 0.15) is 25.2 Å². The maximum Gasteiger partial charge on any atom is 0.322 e. The van der Waals surface area contributed by atoms with Gasteiger partial charge in [0.2, 0.25) is 0 Å². The van der Waals surface area contributed by atoms with Gasteiger partial charge in [-0.15, -0.1) is 0 Å². The van der Waals surface area contributed by atoms with Gasteiger partial charge >= 0.3 is 20.4 Å². The molecule has 0 aliphatic rings. The van der Waals surface area contributed by atoms with Gasteiger partial charge in [-0.1, -0.05) is 13.8 Å². The molecule has 0 bridgehead atoms. The van der Waals surface area contributed by atoms with Crippen LogP contribution in [-0.2, 0) is 33.3 Å². The van der Waals surface area contributed by atoms with Crippen LogP contribution in [0, 0.1) is 0 Å². The van der Waals surface area contributed by atoms with E-state index < -0.39 is 20.4 Å². The van der Waals surface area contributed by atoms with Gasteiger partial charge in [0.05, 0.1) is 22.1 Å². The third kappa shape index (κ3) is 5.60. The summed E-state index contributed by atoms with van der Waals surface area (Å²) < 4.78 is 51.1. The molecule has 0 N–H and O–H groups in total.